The minimum Gasteiger partial charge on any atom is -0.495 e. The topological polar surface area (TPSA) is 58.6 Å². The number of nitrogens with one attached hydrogen (secondary N) is 1. The molecule has 0 unspecified atom stereocenters. The summed E-state index contributed by atoms with van der Waals surface area (Å²) >= 11 is 0. The van der Waals surface area contributed by atoms with Gasteiger partial charge in [0.25, 0.3) is 5.91 Å². The Hall–Kier alpha value is -3.60. The SMILES string of the molecule is COc1ccccc1NC(=O)[C@H]1c2ccccc2C(=O)N(c2ccccc2)C12CCCCC2. The monoisotopic (exact) mass is 440 g/mol. The highest BCUT2D eigenvalue weighted by Crippen LogP contribution is 2.51. The third kappa shape index (κ3) is 3.58. The molecule has 2 amide bonds. The average molecular weight is 441 g/mol. The second-order valence-corrected chi connectivity index (χ2v) is 8.85. The third-order valence-corrected chi connectivity index (χ3v) is 7.05. The second kappa shape index (κ2) is 8.74. The quantitative estimate of drug-likeness (QED) is 0.559. The van der Waals surface area contributed by atoms with E-state index in [0.717, 1.165) is 43.4 Å². The van der Waals surface area contributed by atoms with Crippen LogP contribution in [0.1, 0.15) is 53.9 Å². The van der Waals surface area contributed by atoms with Crippen LogP contribution < -0.4 is 15.0 Å². The Morgan fingerprint density at radius 3 is 2.33 bits per heavy atom. The molecule has 168 valence electrons. The maximum absolute atomic E-state index is 14.1. The van der Waals surface area contributed by atoms with Crippen LogP contribution in [0.5, 0.6) is 5.75 Å². The maximum Gasteiger partial charge on any atom is 0.259 e. The Kier molecular flexibility index (Phi) is 5.63. The second-order valence-electron chi connectivity index (χ2n) is 8.85. The fourth-order valence-electron chi connectivity index (χ4n) is 5.65. The molecule has 0 saturated heterocycles. The molecule has 2 aliphatic rings. The van der Waals surface area contributed by atoms with E-state index < -0.39 is 11.5 Å². The lowest BCUT2D eigenvalue weighted by Crippen LogP contribution is -2.62. The van der Waals surface area contributed by atoms with Gasteiger partial charge in [0, 0.05) is 11.3 Å². The van der Waals surface area contributed by atoms with Crippen molar-refractivity contribution in [3.8, 4) is 5.75 Å². The average Bonchev–Trinajstić information content (AvgIpc) is 2.86. The number of anilines is 2. The highest BCUT2D eigenvalue weighted by Gasteiger charge is 2.55. The molecular formula is C28H28N2O3. The van der Waals surface area contributed by atoms with Crippen LogP contribution in [0.2, 0.25) is 0 Å². The zero-order valence-electron chi connectivity index (χ0n) is 18.8. The summed E-state index contributed by atoms with van der Waals surface area (Å²) in [6.07, 6.45) is 4.65. The lowest BCUT2D eigenvalue weighted by Gasteiger charge is -2.53. The van der Waals surface area contributed by atoms with E-state index in [0.29, 0.717) is 17.0 Å². The smallest absolute Gasteiger partial charge is 0.259 e. The first-order chi connectivity index (χ1) is 16.2. The summed E-state index contributed by atoms with van der Waals surface area (Å²) in [5.74, 6) is -0.0113. The summed E-state index contributed by atoms with van der Waals surface area (Å²) in [4.78, 5) is 29.9. The number of carbonyl (C=O) groups is 2. The Bertz CT molecular complexity index is 1170. The maximum atomic E-state index is 14.1. The number of fused-ring (bicyclic) bond motifs is 1. The number of amides is 2. The van der Waals surface area contributed by atoms with Crippen LogP contribution in [-0.4, -0.2) is 24.5 Å². The van der Waals surface area contributed by atoms with Crippen molar-refractivity contribution in [2.45, 2.75) is 43.6 Å². The van der Waals surface area contributed by atoms with Crippen LogP contribution in [0.4, 0.5) is 11.4 Å². The highest BCUT2D eigenvalue weighted by molar-refractivity contribution is 6.13. The Labute approximate surface area is 194 Å². The minimum atomic E-state index is -0.614. The molecule has 5 rings (SSSR count). The Morgan fingerprint density at radius 1 is 0.909 bits per heavy atom. The van der Waals surface area contributed by atoms with E-state index in [1.807, 2.05) is 83.8 Å². The molecule has 1 atom stereocenters. The molecule has 1 N–H and O–H groups in total. The summed E-state index contributed by atoms with van der Waals surface area (Å²) in [7, 11) is 1.60. The largest absolute Gasteiger partial charge is 0.495 e. The molecule has 1 saturated carbocycles. The van der Waals surface area contributed by atoms with Crippen molar-refractivity contribution in [1.29, 1.82) is 0 Å². The minimum absolute atomic E-state index is 0.0277. The molecule has 1 aliphatic carbocycles. The molecule has 5 heteroatoms. The molecule has 5 nitrogen and oxygen atoms in total. The molecular weight excluding hydrogens is 412 g/mol. The Morgan fingerprint density at radius 2 is 1.58 bits per heavy atom. The molecule has 33 heavy (non-hydrogen) atoms. The summed E-state index contributed by atoms with van der Waals surface area (Å²) < 4.78 is 5.47. The number of ether oxygens (including phenoxy) is 1. The molecule has 0 bridgehead atoms. The van der Waals surface area contributed by atoms with Gasteiger partial charge in [-0.15, -0.1) is 0 Å². The summed E-state index contributed by atoms with van der Waals surface area (Å²) in [6.45, 7) is 0. The van der Waals surface area contributed by atoms with Crippen LogP contribution in [0.15, 0.2) is 78.9 Å². The van der Waals surface area contributed by atoms with Gasteiger partial charge >= 0.3 is 0 Å². The van der Waals surface area contributed by atoms with Crippen LogP contribution in [0.25, 0.3) is 0 Å². The van der Waals surface area contributed by atoms with Gasteiger partial charge in [0.1, 0.15) is 5.75 Å². The standard InChI is InChI=1S/C28H28N2O3/c1-33-24-17-9-8-16-23(24)29-26(31)25-21-14-6-7-15-22(21)27(32)30(20-12-4-2-5-13-20)28(25)18-10-3-11-19-28/h2,4-9,12-17,25H,3,10-11,18-19H2,1H3,(H,29,31)/t25-/m1/s1. The molecule has 0 radical (unpaired) electrons. The van der Waals surface area contributed by atoms with E-state index in [4.69, 9.17) is 4.74 Å². The van der Waals surface area contributed by atoms with Crippen molar-refractivity contribution in [3.05, 3.63) is 90.0 Å². The van der Waals surface area contributed by atoms with Crippen molar-refractivity contribution in [2.24, 2.45) is 0 Å². The molecule has 1 fully saturated rings. The zero-order valence-corrected chi connectivity index (χ0v) is 18.8. The number of para-hydroxylation sites is 3. The van der Waals surface area contributed by atoms with Crippen molar-refractivity contribution >= 4 is 23.2 Å². The number of carbonyl (C=O) groups excluding carboxylic acids is 2. The van der Waals surface area contributed by atoms with Gasteiger partial charge in [-0.2, -0.15) is 0 Å². The van der Waals surface area contributed by atoms with Gasteiger partial charge in [-0.25, -0.2) is 0 Å². The number of hydrogen-bond donors (Lipinski definition) is 1. The van der Waals surface area contributed by atoms with Crippen LogP contribution >= 0.6 is 0 Å². The van der Waals surface area contributed by atoms with Crippen molar-refractivity contribution < 1.29 is 14.3 Å². The van der Waals surface area contributed by atoms with Gasteiger partial charge in [0.05, 0.1) is 24.3 Å². The predicted molar refractivity (Wildman–Crippen MR) is 130 cm³/mol. The molecule has 1 spiro atoms. The van der Waals surface area contributed by atoms with Crippen molar-refractivity contribution in [1.82, 2.24) is 0 Å². The summed E-state index contributed by atoms with van der Waals surface area (Å²) in [6, 6.07) is 24.8. The molecule has 1 heterocycles. The first-order valence-corrected chi connectivity index (χ1v) is 11.6. The van der Waals surface area contributed by atoms with Gasteiger partial charge in [-0.3, -0.25) is 9.59 Å². The molecule has 3 aromatic carbocycles. The third-order valence-electron chi connectivity index (χ3n) is 7.05. The van der Waals surface area contributed by atoms with Crippen LogP contribution in [0, 0.1) is 0 Å². The van der Waals surface area contributed by atoms with Crippen molar-refractivity contribution in [2.75, 3.05) is 17.3 Å². The summed E-state index contributed by atoms with van der Waals surface area (Å²) in [5, 5.41) is 3.13. The predicted octanol–water partition coefficient (Wildman–Crippen LogP) is 5.78. The van der Waals surface area contributed by atoms with E-state index in [1.165, 1.54) is 0 Å². The fraction of sp³-hybridized carbons (Fsp3) is 0.286. The van der Waals surface area contributed by atoms with E-state index in [2.05, 4.69) is 5.32 Å². The number of methoxy groups -OCH3 is 1. The highest BCUT2D eigenvalue weighted by atomic mass is 16.5. The van der Waals surface area contributed by atoms with Crippen molar-refractivity contribution in [3.63, 3.8) is 0 Å². The van der Waals surface area contributed by atoms with Crippen LogP contribution in [0.3, 0.4) is 0 Å². The van der Waals surface area contributed by atoms with Gasteiger partial charge in [-0.1, -0.05) is 67.8 Å². The number of hydrogen-bond acceptors (Lipinski definition) is 3. The van der Waals surface area contributed by atoms with Crippen LogP contribution in [-0.2, 0) is 4.79 Å². The molecule has 0 aromatic heterocycles. The Balaban J connectivity index is 1.67. The first-order valence-electron chi connectivity index (χ1n) is 11.6. The zero-order chi connectivity index (χ0) is 22.8. The van der Waals surface area contributed by atoms with E-state index >= 15 is 0 Å². The van der Waals surface area contributed by atoms with E-state index in [-0.39, 0.29) is 11.8 Å². The molecule has 3 aromatic rings. The lowest BCUT2D eigenvalue weighted by molar-refractivity contribution is -0.119. The molecule has 1 aliphatic heterocycles. The lowest BCUT2D eigenvalue weighted by atomic mass is 9.65. The van der Waals surface area contributed by atoms with Gasteiger partial charge in [0.2, 0.25) is 5.91 Å². The fourth-order valence-corrected chi connectivity index (χ4v) is 5.65. The van der Waals surface area contributed by atoms with Gasteiger partial charge in [-0.05, 0) is 48.7 Å². The van der Waals surface area contributed by atoms with Gasteiger partial charge in [0.15, 0.2) is 0 Å². The summed E-state index contributed by atoms with van der Waals surface area (Å²) in [5.41, 5.74) is 2.27. The normalized spacial score (nSPS) is 19.1. The number of nitrogens with zero attached hydrogens (tertiary/aromatic N) is 1. The first kappa shape index (κ1) is 21.3. The number of benzene rings is 3. The van der Waals surface area contributed by atoms with Gasteiger partial charge < -0.3 is 15.0 Å². The van der Waals surface area contributed by atoms with E-state index in [9.17, 15) is 9.59 Å². The van der Waals surface area contributed by atoms with E-state index in [1.54, 1.807) is 7.11 Å². The number of rotatable bonds is 4.